The molecule has 2 heterocycles. The maximum absolute atomic E-state index is 12.7. The topological polar surface area (TPSA) is 65.4 Å². The normalized spacial score (nSPS) is 15.5. The van der Waals surface area contributed by atoms with E-state index in [-0.39, 0.29) is 11.8 Å². The largest absolute Gasteiger partial charge is 0.494 e. The quantitative estimate of drug-likeness (QED) is 0.754. The van der Waals surface area contributed by atoms with Gasteiger partial charge in [0.05, 0.1) is 36.3 Å². The predicted octanol–water partition coefficient (Wildman–Crippen LogP) is 3.46. The van der Waals surface area contributed by atoms with Crippen LogP contribution in [0.1, 0.15) is 12.5 Å². The van der Waals surface area contributed by atoms with Crippen LogP contribution in [0.4, 0.5) is 5.69 Å². The van der Waals surface area contributed by atoms with Gasteiger partial charge in [0.2, 0.25) is 5.91 Å². The molecule has 1 aromatic heterocycles. The highest BCUT2D eigenvalue weighted by Gasteiger charge is 2.26. The Morgan fingerprint density at radius 1 is 1.30 bits per heavy atom. The van der Waals surface area contributed by atoms with Crippen molar-refractivity contribution < 1.29 is 14.3 Å². The zero-order valence-electron chi connectivity index (χ0n) is 15.1. The molecule has 0 saturated heterocycles. The van der Waals surface area contributed by atoms with Crippen molar-refractivity contribution in [2.24, 2.45) is 5.92 Å². The average molecular weight is 363 g/mol. The number of nitrogens with one attached hydrogen (secondary N) is 1. The van der Waals surface area contributed by atoms with Crippen LogP contribution in [-0.4, -0.2) is 28.9 Å². The molecule has 4 rings (SSSR count). The van der Waals surface area contributed by atoms with E-state index >= 15 is 0 Å². The van der Waals surface area contributed by atoms with Crippen LogP contribution in [-0.2, 0) is 11.2 Å². The van der Waals surface area contributed by atoms with Gasteiger partial charge in [-0.1, -0.05) is 18.2 Å². The highest BCUT2D eigenvalue weighted by Crippen LogP contribution is 2.31. The monoisotopic (exact) mass is 363 g/mol. The number of aromatic nitrogens is 2. The Morgan fingerprint density at radius 3 is 2.96 bits per heavy atom. The molecule has 2 aromatic carbocycles. The fourth-order valence-electron chi connectivity index (χ4n) is 3.15. The summed E-state index contributed by atoms with van der Waals surface area (Å²) in [5, 5.41) is 7.25. The van der Waals surface area contributed by atoms with Gasteiger partial charge < -0.3 is 14.8 Å². The number of para-hydroxylation sites is 1. The Balaban J connectivity index is 1.43. The zero-order chi connectivity index (χ0) is 18.6. The third-order valence-corrected chi connectivity index (χ3v) is 4.49. The summed E-state index contributed by atoms with van der Waals surface area (Å²) in [7, 11) is 0. The molecule has 1 unspecified atom stereocenters. The van der Waals surface area contributed by atoms with E-state index in [9.17, 15) is 4.79 Å². The minimum Gasteiger partial charge on any atom is -0.494 e. The molecule has 6 nitrogen and oxygen atoms in total. The summed E-state index contributed by atoms with van der Waals surface area (Å²) in [5.74, 6) is 1.29. The number of hydrogen-bond donors (Lipinski definition) is 1. The highest BCUT2D eigenvalue weighted by atomic mass is 16.5. The van der Waals surface area contributed by atoms with Gasteiger partial charge in [0.1, 0.15) is 18.1 Å². The van der Waals surface area contributed by atoms with E-state index in [4.69, 9.17) is 9.47 Å². The predicted molar refractivity (Wildman–Crippen MR) is 102 cm³/mol. The van der Waals surface area contributed by atoms with Crippen LogP contribution in [0.5, 0.6) is 11.5 Å². The van der Waals surface area contributed by atoms with Gasteiger partial charge in [-0.2, -0.15) is 5.10 Å². The van der Waals surface area contributed by atoms with E-state index in [1.807, 2.05) is 55.5 Å². The van der Waals surface area contributed by atoms with Gasteiger partial charge in [0.15, 0.2) is 0 Å². The molecule has 1 aliphatic heterocycles. The van der Waals surface area contributed by atoms with Crippen LogP contribution < -0.4 is 14.8 Å². The van der Waals surface area contributed by atoms with Gasteiger partial charge in [0.25, 0.3) is 0 Å². The number of carbonyl (C=O) groups is 1. The first kappa shape index (κ1) is 17.1. The molecular formula is C21H21N3O3. The molecule has 0 radical (unpaired) electrons. The zero-order valence-corrected chi connectivity index (χ0v) is 15.1. The number of benzene rings is 2. The lowest BCUT2D eigenvalue weighted by Crippen LogP contribution is -2.32. The summed E-state index contributed by atoms with van der Waals surface area (Å²) in [6.07, 6.45) is 4.07. The van der Waals surface area contributed by atoms with E-state index in [0.717, 1.165) is 22.7 Å². The van der Waals surface area contributed by atoms with Gasteiger partial charge in [-0.05, 0) is 49.2 Å². The first-order valence-electron chi connectivity index (χ1n) is 9.02. The fourth-order valence-corrected chi connectivity index (χ4v) is 3.15. The van der Waals surface area contributed by atoms with E-state index in [1.165, 1.54) is 0 Å². The molecule has 1 amide bonds. The van der Waals surface area contributed by atoms with Crippen molar-refractivity contribution >= 4 is 11.6 Å². The van der Waals surface area contributed by atoms with E-state index in [0.29, 0.717) is 25.3 Å². The average Bonchev–Trinajstić information content (AvgIpc) is 3.17. The standard InChI is InChI=1S/C21H21N3O3/c1-2-26-19-8-9-20-15(11-19)10-16(14-27-20)21(25)23-17-12-22-24(13-17)18-6-4-3-5-7-18/h3-9,11-13,16H,2,10,14H2,1H3,(H,23,25). The summed E-state index contributed by atoms with van der Waals surface area (Å²) in [6.45, 7) is 2.91. The van der Waals surface area contributed by atoms with Crippen molar-refractivity contribution in [3.05, 3.63) is 66.5 Å². The second-order valence-electron chi connectivity index (χ2n) is 6.41. The van der Waals surface area contributed by atoms with Crippen LogP contribution in [0.15, 0.2) is 60.9 Å². The van der Waals surface area contributed by atoms with Gasteiger partial charge in [0, 0.05) is 0 Å². The second kappa shape index (κ2) is 7.53. The molecule has 1 atom stereocenters. The number of ether oxygens (including phenoxy) is 2. The third-order valence-electron chi connectivity index (χ3n) is 4.49. The molecule has 0 aliphatic carbocycles. The van der Waals surface area contributed by atoms with Crippen molar-refractivity contribution in [2.45, 2.75) is 13.3 Å². The summed E-state index contributed by atoms with van der Waals surface area (Å²) in [6, 6.07) is 15.5. The van der Waals surface area contributed by atoms with E-state index < -0.39 is 0 Å². The molecule has 3 aromatic rings. The second-order valence-corrected chi connectivity index (χ2v) is 6.41. The Bertz CT molecular complexity index is 937. The SMILES string of the molecule is CCOc1ccc2c(c1)CC(C(=O)Nc1cnn(-c3ccccc3)c1)CO2. The lowest BCUT2D eigenvalue weighted by atomic mass is 9.96. The van der Waals surface area contributed by atoms with Crippen molar-refractivity contribution in [1.29, 1.82) is 0 Å². The maximum Gasteiger partial charge on any atom is 0.231 e. The van der Waals surface area contributed by atoms with Gasteiger partial charge in [-0.15, -0.1) is 0 Å². The summed E-state index contributed by atoms with van der Waals surface area (Å²) >= 11 is 0. The van der Waals surface area contributed by atoms with Crippen LogP contribution >= 0.6 is 0 Å². The Labute approximate surface area is 157 Å². The minimum atomic E-state index is -0.255. The molecule has 0 bridgehead atoms. The lowest BCUT2D eigenvalue weighted by molar-refractivity contribution is -0.121. The van der Waals surface area contributed by atoms with Crippen molar-refractivity contribution in [2.75, 3.05) is 18.5 Å². The van der Waals surface area contributed by atoms with E-state index in [2.05, 4.69) is 10.4 Å². The van der Waals surface area contributed by atoms with Gasteiger partial charge >= 0.3 is 0 Å². The molecule has 1 aliphatic rings. The highest BCUT2D eigenvalue weighted by molar-refractivity contribution is 5.92. The molecule has 27 heavy (non-hydrogen) atoms. The number of carbonyl (C=O) groups excluding carboxylic acids is 1. The smallest absolute Gasteiger partial charge is 0.231 e. The van der Waals surface area contributed by atoms with Gasteiger partial charge in [-0.25, -0.2) is 4.68 Å². The first-order chi connectivity index (χ1) is 13.2. The molecule has 0 saturated carbocycles. The number of nitrogens with zero attached hydrogens (tertiary/aromatic N) is 2. The Morgan fingerprint density at radius 2 is 2.15 bits per heavy atom. The minimum absolute atomic E-state index is 0.0740. The maximum atomic E-state index is 12.7. The Hall–Kier alpha value is -3.28. The molecule has 0 fully saturated rings. The number of fused-ring (bicyclic) bond motifs is 1. The van der Waals surface area contributed by atoms with Crippen LogP contribution in [0.25, 0.3) is 5.69 Å². The first-order valence-corrected chi connectivity index (χ1v) is 9.02. The summed E-state index contributed by atoms with van der Waals surface area (Å²) in [5.41, 5.74) is 2.60. The number of anilines is 1. The van der Waals surface area contributed by atoms with Crippen molar-refractivity contribution in [3.63, 3.8) is 0 Å². The van der Waals surface area contributed by atoms with E-state index in [1.54, 1.807) is 17.1 Å². The number of rotatable bonds is 5. The lowest BCUT2D eigenvalue weighted by Gasteiger charge is -2.24. The Kier molecular flexibility index (Phi) is 4.78. The van der Waals surface area contributed by atoms with Crippen molar-refractivity contribution in [1.82, 2.24) is 9.78 Å². The summed E-state index contributed by atoms with van der Waals surface area (Å²) in [4.78, 5) is 12.7. The number of amides is 1. The third kappa shape index (κ3) is 3.79. The fraction of sp³-hybridized carbons (Fsp3) is 0.238. The van der Waals surface area contributed by atoms with Crippen LogP contribution in [0.2, 0.25) is 0 Å². The van der Waals surface area contributed by atoms with Crippen LogP contribution in [0.3, 0.4) is 0 Å². The molecule has 6 heteroatoms. The van der Waals surface area contributed by atoms with Crippen LogP contribution in [0, 0.1) is 5.92 Å². The molecule has 1 N–H and O–H groups in total. The van der Waals surface area contributed by atoms with Crippen molar-refractivity contribution in [3.8, 4) is 17.2 Å². The molecule has 138 valence electrons. The molecule has 0 spiro atoms. The number of hydrogen-bond acceptors (Lipinski definition) is 4. The van der Waals surface area contributed by atoms with Gasteiger partial charge in [-0.3, -0.25) is 4.79 Å². The summed E-state index contributed by atoms with van der Waals surface area (Å²) < 4.78 is 13.0. The molecular weight excluding hydrogens is 342 g/mol.